The van der Waals surface area contributed by atoms with E-state index in [0.29, 0.717) is 0 Å². The highest BCUT2D eigenvalue weighted by atomic mass is 16.5. The summed E-state index contributed by atoms with van der Waals surface area (Å²) in [7, 11) is 1.87. The smallest absolute Gasteiger partial charge is 0.193 e. The van der Waals surface area contributed by atoms with E-state index in [1.165, 1.54) is 19.3 Å². The highest BCUT2D eigenvalue weighted by molar-refractivity contribution is 5.80. The monoisotopic (exact) mass is 410 g/mol. The summed E-state index contributed by atoms with van der Waals surface area (Å²) in [6.45, 7) is 4.97. The van der Waals surface area contributed by atoms with Crippen molar-refractivity contribution < 1.29 is 9.15 Å². The van der Waals surface area contributed by atoms with E-state index in [9.17, 15) is 0 Å². The molecule has 1 aromatic heterocycles. The standard InChI is InChI=1S/C24H34N4O2/c1-25-24(28-16-12-21(13-17-28)30-20-9-4-2-5-10-20)26-19-22(23-11-8-18-29-23)27-14-6-3-7-15-27/h2,4-5,8-11,18,21-22H,3,6-7,12-17,19H2,1H3,(H,25,26). The van der Waals surface area contributed by atoms with Gasteiger partial charge in [-0.05, 0) is 50.2 Å². The summed E-state index contributed by atoms with van der Waals surface area (Å²) in [4.78, 5) is 9.45. The molecule has 1 atom stereocenters. The minimum atomic E-state index is 0.246. The van der Waals surface area contributed by atoms with Crippen LogP contribution in [0.5, 0.6) is 5.75 Å². The zero-order chi connectivity index (χ0) is 20.6. The molecule has 2 aliphatic rings. The van der Waals surface area contributed by atoms with E-state index < -0.39 is 0 Å². The average molecular weight is 411 g/mol. The molecule has 2 aliphatic heterocycles. The zero-order valence-electron chi connectivity index (χ0n) is 18.0. The third-order valence-corrected chi connectivity index (χ3v) is 6.16. The Hall–Kier alpha value is -2.47. The van der Waals surface area contributed by atoms with Gasteiger partial charge < -0.3 is 19.4 Å². The molecule has 162 valence electrons. The van der Waals surface area contributed by atoms with E-state index in [1.807, 2.05) is 43.4 Å². The fourth-order valence-corrected chi connectivity index (χ4v) is 4.52. The lowest BCUT2D eigenvalue weighted by Crippen LogP contribution is -2.49. The third-order valence-electron chi connectivity index (χ3n) is 6.16. The summed E-state index contributed by atoms with van der Waals surface area (Å²) < 4.78 is 11.9. The molecule has 0 bridgehead atoms. The number of nitrogens with one attached hydrogen (secondary N) is 1. The molecule has 6 nitrogen and oxygen atoms in total. The lowest BCUT2D eigenvalue weighted by molar-refractivity contribution is 0.127. The summed E-state index contributed by atoms with van der Waals surface area (Å²) in [5.41, 5.74) is 0. The van der Waals surface area contributed by atoms with Crippen molar-refractivity contribution in [1.29, 1.82) is 0 Å². The van der Waals surface area contributed by atoms with Crippen LogP contribution in [0.3, 0.4) is 0 Å². The molecule has 2 aromatic rings. The van der Waals surface area contributed by atoms with Crippen molar-refractivity contribution >= 4 is 5.96 Å². The van der Waals surface area contributed by atoms with E-state index in [0.717, 1.165) is 63.0 Å². The van der Waals surface area contributed by atoms with Crippen molar-refractivity contribution in [3.05, 3.63) is 54.5 Å². The minimum Gasteiger partial charge on any atom is -0.490 e. The SMILES string of the molecule is CN=C(NCC(c1ccco1)N1CCCCC1)N1CCC(Oc2ccccc2)CC1. The Labute approximate surface area is 179 Å². The van der Waals surface area contributed by atoms with Gasteiger partial charge in [0.25, 0.3) is 0 Å². The van der Waals surface area contributed by atoms with Gasteiger partial charge in [-0.25, -0.2) is 0 Å². The number of nitrogens with zero attached hydrogens (tertiary/aromatic N) is 3. The predicted octanol–water partition coefficient (Wildman–Crippen LogP) is 3.93. The van der Waals surface area contributed by atoms with Crippen molar-refractivity contribution in [2.45, 2.75) is 44.2 Å². The first kappa shape index (κ1) is 20.8. The molecular weight excluding hydrogens is 376 g/mol. The first-order valence-corrected chi connectivity index (χ1v) is 11.3. The normalized spacial score (nSPS) is 20.2. The fraction of sp³-hybridized carbons (Fsp3) is 0.542. The second-order valence-corrected chi connectivity index (χ2v) is 8.17. The first-order chi connectivity index (χ1) is 14.8. The summed E-state index contributed by atoms with van der Waals surface area (Å²) in [5, 5.41) is 3.62. The Balaban J connectivity index is 1.30. The predicted molar refractivity (Wildman–Crippen MR) is 120 cm³/mol. The van der Waals surface area contributed by atoms with Gasteiger partial charge >= 0.3 is 0 Å². The lowest BCUT2D eigenvalue weighted by Gasteiger charge is -2.37. The highest BCUT2D eigenvalue weighted by Crippen LogP contribution is 2.25. The molecule has 1 unspecified atom stereocenters. The lowest BCUT2D eigenvalue weighted by atomic mass is 10.1. The van der Waals surface area contributed by atoms with Crippen LogP contribution in [0, 0.1) is 0 Å². The molecular formula is C24H34N4O2. The van der Waals surface area contributed by atoms with Crippen molar-refractivity contribution in [3.8, 4) is 5.75 Å². The van der Waals surface area contributed by atoms with Gasteiger partial charge in [0.05, 0.1) is 12.3 Å². The minimum absolute atomic E-state index is 0.246. The Bertz CT molecular complexity index is 764. The number of hydrogen-bond donors (Lipinski definition) is 1. The van der Waals surface area contributed by atoms with Crippen LogP contribution < -0.4 is 10.1 Å². The largest absolute Gasteiger partial charge is 0.490 e. The maximum atomic E-state index is 6.14. The molecule has 3 heterocycles. The quantitative estimate of drug-likeness (QED) is 0.578. The van der Waals surface area contributed by atoms with Crippen LogP contribution in [-0.4, -0.2) is 61.6 Å². The Morgan fingerprint density at radius 3 is 2.50 bits per heavy atom. The van der Waals surface area contributed by atoms with Crippen LogP contribution in [0.4, 0.5) is 0 Å². The number of para-hydroxylation sites is 1. The average Bonchev–Trinajstić information content (AvgIpc) is 3.33. The number of guanidine groups is 1. The Morgan fingerprint density at radius 2 is 1.83 bits per heavy atom. The number of ether oxygens (including phenoxy) is 1. The molecule has 0 saturated carbocycles. The van der Waals surface area contributed by atoms with Gasteiger partial charge in [0.15, 0.2) is 5.96 Å². The van der Waals surface area contributed by atoms with E-state index in [1.54, 1.807) is 6.26 Å². The van der Waals surface area contributed by atoms with Gasteiger partial charge in [-0.15, -0.1) is 0 Å². The highest BCUT2D eigenvalue weighted by Gasteiger charge is 2.27. The number of furan rings is 1. The van der Waals surface area contributed by atoms with Gasteiger partial charge in [0.1, 0.15) is 17.6 Å². The molecule has 0 amide bonds. The molecule has 1 N–H and O–H groups in total. The van der Waals surface area contributed by atoms with Crippen molar-refractivity contribution in [2.75, 3.05) is 39.8 Å². The fourth-order valence-electron chi connectivity index (χ4n) is 4.52. The number of likely N-dealkylation sites (tertiary alicyclic amines) is 2. The summed E-state index contributed by atoms with van der Waals surface area (Å²) >= 11 is 0. The van der Waals surface area contributed by atoms with E-state index >= 15 is 0 Å². The molecule has 2 fully saturated rings. The van der Waals surface area contributed by atoms with Crippen LogP contribution in [-0.2, 0) is 0 Å². The van der Waals surface area contributed by atoms with E-state index in [4.69, 9.17) is 9.15 Å². The van der Waals surface area contributed by atoms with Crippen LogP contribution >= 0.6 is 0 Å². The van der Waals surface area contributed by atoms with Crippen LogP contribution in [0.1, 0.15) is 43.9 Å². The van der Waals surface area contributed by atoms with Crippen molar-refractivity contribution in [2.24, 2.45) is 4.99 Å². The Kier molecular flexibility index (Phi) is 7.29. The number of piperidine rings is 2. The molecule has 1 aromatic carbocycles. The maximum absolute atomic E-state index is 6.14. The van der Waals surface area contributed by atoms with Gasteiger partial charge in [-0.2, -0.15) is 0 Å². The number of rotatable bonds is 6. The van der Waals surface area contributed by atoms with Crippen molar-refractivity contribution in [1.82, 2.24) is 15.1 Å². The number of hydrogen-bond acceptors (Lipinski definition) is 4. The second kappa shape index (κ2) is 10.5. The number of aliphatic imine (C=N–C) groups is 1. The second-order valence-electron chi connectivity index (χ2n) is 8.17. The summed E-state index contributed by atoms with van der Waals surface area (Å²) in [6.07, 6.45) is 7.91. The van der Waals surface area contributed by atoms with Gasteiger partial charge in [-0.1, -0.05) is 24.6 Å². The van der Waals surface area contributed by atoms with E-state index in [-0.39, 0.29) is 12.1 Å². The van der Waals surface area contributed by atoms with Crippen LogP contribution in [0.25, 0.3) is 0 Å². The first-order valence-electron chi connectivity index (χ1n) is 11.3. The molecule has 0 aliphatic carbocycles. The van der Waals surface area contributed by atoms with Gasteiger partial charge in [0, 0.05) is 39.5 Å². The van der Waals surface area contributed by atoms with E-state index in [2.05, 4.69) is 26.2 Å². The molecule has 30 heavy (non-hydrogen) atoms. The maximum Gasteiger partial charge on any atom is 0.193 e. The molecule has 4 rings (SSSR count). The summed E-state index contributed by atoms with van der Waals surface area (Å²) in [5.74, 6) is 2.97. The van der Waals surface area contributed by atoms with Crippen LogP contribution in [0.15, 0.2) is 58.1 Å². The Morgan fingerprint density at radius 1 is 1.07 bits per heavy atom. The topological polar surface area (TPSA) is 53.2 Å². The van der Waals surface area contributed by atoms with Gasteiger partial charge in [-0.3, -0.25) is 9.89 Å². The molecule has 0 spiro atoms. The third kappa shape index (κ3) is 5.36. The summed E-state index contributed by atoms with van der Waals surface area (Å²) in [6, 6.07) is 14.4. The van der Waals surface area contributed by atoms with Crippen LogP contribution in [0.2, 0.25) is 0 Å². The molecule has 6 heteroatoms. The van der Waals surface area contributed by atoms with Crippen molar-refractivity contribution in [3.63, 3.8) is 0 Å². The zero-order valence-corrected chi connectivity index (χ0v) is 18.0. The molecule has 0 radical (unpaired) electrons. The number of benzene rings is 1. The molecule has 2 saturated heterocycles. The van der Waals surface area contributed by atoms with Gasteiger partial charge in [0.2, 0.25) is 0 Å².